The lowest BCUT2D eigenvalue weighted by molar-refractivity contribution is -0.144. The molecule has 0 saturated heterocycles. The van der Waals surface area contributed by atoms with Crippen LogP contribution >= 0.6 is 0 Å². The average molecular weight is 570 g/mol. The Labute approximate surface area is 247 Å². The van der Waals surface area contributed by atoms with Crippen molar-refractivity contribution in [1.29, 1.82) is 0 Å². The van der Waals surface area contributed by atoms with Crippen molar-refractivity contribution < 1.29 is 29.0 Å². The molecule has 220 valence electrons. The number of amides is 1. The van der Waals surface area contributed by atoms with Gasteiger partial charge in [0, 0.05) is 25.2 Å². The normalized spacial score (nSPS) is 13.6. The number of carboxylic acids is 1. The zero-order valence-electron chi connectivity index (χ0n) is 24.3. The molecule has 0 aromatic heterocycles. The summed E-state index contributed by atoms with van der Waals surface area (Å²) in [4.78, 5) is 50.2. The minimum Gasteiger partial charge on any atom is -0.481 e. The maximum atomic E-state index is 13.3. The maximum absolute atomic E-state index is 13.3. The van der Waals surface area contributed by atoms with Gasteiger partial charge < -0.3 is 15.2 Å². The van der Waals surface area contributed by atoms with Gasteiger partial charge in [0.15, 0.2) is 5.78 Å². The number of Topliss-reactive ketones (excluding diaryl/α,β-unsaturated/α-hetero) is 2. The third kappa shape index (κ3) is 8.15. The fourth-order valence-electron chi connectivity index (χ4n) is 5.73. The lowest BCUT2D eigenvalue weighted by Gasteiger charge is -2.20. The number of fused-ring (bicyclic) bond motifs is 3. The van der Waals surface area contributed by atoms with E-state index >= 15 is 0 Å². The van der Waals surface area contributed by atoms with Crippen LogP contribution in [0.15, 0.2) is 78.9 Å². The van der Waals surface area contributed by atoms with Crippen LogP contribution in [0.5, 0.6) is 0 Å². The number of ether oxygens (including phenoxy) is 1. The number of carboxylic acid groups (broad SMARTS) is 1. The molecular formula is C35H39NO6. The summed E-state index contributed by atoms with van der Waals surface area (Å²) < 4.78 is 5.69. The van der Waals surface area contributed by atoms with Gasteiger partial charge in [-0.15, -0.1) is 0 Å². The van der Waals surface area contributed by atoms with Crippen LogP contribution in [0.1, 0.15) is 68.6 Å². The quantitative estimate of drug-likeness (QED) is 0.214. The standard InChI is InChI=1S/C35H39NO6/c1-23(2)19-25(34(39)40)21-26(37)13-10-18-33(38)32(20-24-11-4-3-5-12-24)36-35(41)42-22-31-29-16-8-6-14-27(29)28-15-7-9-17-30(28)31/h3-9,11-12,14-17,23,25,31-32H,10,13,18-22H2,1-2H3,(H,36,41)(H,39,40)/t25-,32+/m1/s1. The van der Waals surface area contributed by atoms with Crippen molar-refractivity contribution >= 4 is 23.6 Å². The fraction of sp³-hybridized carbons (Fsp3) is 0.371. The lowest BCUT2D eigenvalue weighted by Crippen LogP contribution is -2.43. The van der Waals surface area contributed by atoms with Crippen LogP contribution in [-0.2, 0) is 25.5 Å². The van der Waals surface area contributed by atoms with Gasteiger partial charge in [0.25, 0.3) is 0 Å². The Morgan fingerprint density at radius 2 is 1.43 bits per heavy atom. The highest BCUT2D eigenvalue weighted by Crippen LogP contribution is 2.44. The summed E-state index contributed by atoms with van der Waals surface area (Å²) in [5.41, 5.74) is 5.36. The first-order chi connectivity index (χ1) is 20.2. The molecule has 0 aliphatic heterocycles. The number of hydrogen-bond acceptors (Lipinski definition) is 5. The van der Waals surface area contributed by atoms with Crippen LogP contribution in [-0.4, -0.2) is 41.4 Å². The molecule has 0 heterocycles. The van der Waals surface area contributed by atoms with Crippen molar-refractivity contribution in [3.05, 3.63) is 95.6 Å². The molecule has 0 spiro atoms. The van der Waals surface area contributed by atoms with Gasteiger partial charge >= 0.3 is 12.1 Å². The SMILES string of the molecule is CC(C)C[C@H](CC(=O)CCCC(=O)[C@H](Cc1ccccc1)NC(=O)OCC1c2ccccc2-c2ccccc21)C(=O)O. The molecule has 0 radical (unpaired) electrons. The van der Waals surface area contributed by atoms with E-state index in [1.807, 2.05) is 80.6 Å². The van der Waals surface area contributed by atoms with Gasteiger partial charge in [0.2, 0.25) is 0 Å². The second kappa shape index (κ2) is 14.6. The molecule has 3 aromatic rings. The van der Waals surface area contributed by atoms with E-state index in [2.05, 4.69) is 17.4 Å². The van der Waals surface area contributed by atoms with Gasteiger partial charge in [-0.05, 0) is 53.0 Å². The van der Waals surface area contributed by atoms with Crippen molar-refractivity contribution in [1.82, 2.24) is 5.32 Å². The summed E-state index contributed by atoms with van der Waals surface area (Å²) in [7, 11) is 0. The molecular weight excluding hydrogens is 530 g/mol. The molecule has 7 heteroatoms. The molecule has 2 N–H and O–H groups in total. The first-order valence-corrected chi connectivity index (χ1v) is 14.7. The highest BCUT2D eigenvalue weighted by atomic mass is 16.5. The Kier molecular flexibility index (Phi) is 10.7. The van der Waals surface area contributed by atoms with Crippen LogP contribution in [0.25, 0.3) is 11.1 Å². The van der Waals surface area contributed by atoms with E-state index in [0.717, 1.165) is 27.8 Å². The number of alkyl carbamates (subject to hydrolysis) is 1. The van der Waals surface area contributed by atoms with Crippen molar-refractivity contribution in [3.63, 3.8) is 0 Å². The molecule has 7 nitrogen and oxygen atoms in total. The summed E-state index contributed by atoms with van der Waals surface area (Å²) in [6.45, 7) is 3.99. The minimum atomic E-state index is -0.969. The molecule has 42 heavy (non-hydrogen) atoms. The molecule has 4 rings (SSSR count). The van der Waals surface area contributed by atoms with Crippen LogP contribution in [0.3, 0.4) is 0 Å². The summed E-state index contributed by atoms with van der Waals surface area (Å²) in [5.74, 6) is -1.97. The number of carbonyl (C=O) groups excluding carboxylic acids is 3. The second-order valence-electron chi connectivity index (χ2n) is 11.4. The molecule has 0 fully saturated rings. The van der Waals surface area contributed by atoms with Crippen molar-refractivity contribution in [2.24, 2.45) is 11.8 Å². The van der Waals surface area contributed by atoms with Gasteiger partial charge in [-0.1, -0.05) is 92.7 Å². The lowest BCUT2D eigenvalue weighted by atomic mass is 9.91. The minimum absolute atomic E-state index is 0.0346. The van der Waals surface area contributed by atoms with E-state index in [9.17, 15) is 24.3 Å². The monoisotopic (exact) mass is 569 g/mol. The predicted molar refractivity (Wildman–Crippen MR) is 161 cm³/mol. The van der Waals surface area contributed by atoms with E-state index < -0.39 is 24.0 Å². The maximum Gasteiger partial charge on any atom is 0.407 e. The Balaban J connectivity index is 1.35. The van der Waals surface area contributed by atoms with Gasteiger partial charge in [-0.3, -0.25) is 14.4 Å². The Bertz CT molecular complexity index is 1350. The van der Waals surface area contributed by atoms with Crippen LogP contribution in [0.2, 0.25) is 0 Å². The average Bonchev–Trinajstić information content (AvgIpc) is 3.29. The van der Waals surface area contributed by atoms with Gasteiger partial charge in [-0.25, -0.2) is 4.79 Å². The third-order valence-corrected chi connectivity index (χ3v) is 7.77. The van der Waals surface area contributed by atoms with Gasteiger partial charge in [0.05, 0.1) is 12.0 Å². The molecule has 1 aliphatic rings. The Hall–Kier alpha value is -4.26. The topological polar surface area (TPSA) is 110 Å². The van der Waals surface area contributed by atoms with Gasteiger partial charge in [-0.2, -0.15) is 0 Å². The molecule has 0 unspecified atom stereocenters. The van der Waals surface area contributed by atoms with Crippen LogP contribution in [0, 0.1) is 11.8 Å². The van der Waals surface area contributed by atoms with E-state index in [0.29, 0.717) is 19.3 Å². The molecule has 0 bridgehead atoms. The zero-order valence-corrected chi connectivity index (χ0v) is 24.3. The molecule has 1 aliphatic carbocycles. The van der Waals surface area contributed by atoms with Crippen molar-refractivity contribution in [3.8, 4) is 11.1 Å². The number of carbonyl (C=O) groups is 4. The van der Waals surface area contributed by atoms with Gasteiger partial charge in [0.1, 0.15) is 12.4 Å². The predicted octanol–water partition coefficient (Wildman–Crippen LogP) is 6.58. The molecule has 0 saturated carbocycles. The van der Waals surface area contributed by atoms with E-state index in [4.69, 9.17) is 4.74 Å². The Morgan fingerprint density at radius 1 is 0.833 bits per heavy atom. The summed E-state index contributed by atoms with van der Waals surface area (Å²) in [5, 5.41) is 12.2. The summed E-state index contributed by atoms with van der Waals surface area (Å²) in [6, 6.07) is 24.8. The highest BCUT2D eigenvalue weighted by molar-refractivity contribution is 5.89. The Morgan fingerprint density at radius 3 is 2.02 bits per heavy atom. The largest absolute Gasteiger partial charge is 0.481 e. The van der Waals surface area contributed by atoms with Crippen molar-refractivity contribution in [2.45, 2.75) is 64.3 Å². The first kappa shape index (κ1) is 30.7. The summed E-state index contributed by atoms with van der Waals surface area (Å²) in [6.07, 6.45) is 0.540. The molecule has 2 atom stereocenters. The number of benzene rings is 3. The van der Waals surface area contributed by atoms with Crippen LogP contribution < -0.4 is 5.32 Å². The number of aliphatic carboxylic acids is 1. The summed E-state index contributed by atoms with van der Waals surface area (Å²) >= 11 is 0. The van der Waals surface area contributed by atoms with E-state index in [1.165, 1.54) is 0 Å². The number of nitrogens with one attached hydrogen (secondary N) is 1. The molecule has 3 aromatic carbocycles. The van der Waals surface area contributed by atoms with Crippen molar-refractivity contribution in [2.75, 3.05) is 6.61 Å². The van der Waals surface area contributed by atoms with E-state index in [-0.39, 0.29) is 49.3 Å². The van der Waals surface area contributed by atoms with E-state index in [1.54, 1.807) is 0 Å². The second-order valence-corrected chi connectivity index (χ2v) is 11.4. The third-order valence-electron chi connectivity index (χ3n) is 7.77. The first-order valence-electron chi connectivity index (χ1n) is 14.7. The number of ketones is 2. The highest BCUT2D eigenvalue weighted by Gasteiger charge is 2.30. The fourth-order valence-corrected chi connectivity index (χ4v) is 5.73. The number of hydrogen-bond donors (Lipinski definition) is 2. The smallest absolute Gasteiger partial charge is 0.407 e. The zero-order chi connectivity index (χ0) is 30.1. The van der Waals surface area contributed by atoms with Crippen LogP contribution in [0.4, 0.5) is 4.79 Å². The number of rotatable bonds is 15. The molecule has 1 amide bonds.